The summed E-state index contributed by atoms with van der Waals surface area (Å²) in [5.74, 6) is 2.95. The first-order valence-electron chi connectivity index (χ1n) is 12.7. The Kier molecular flexibility index (Phi) is 12.7. The van der Waals surface area contributed by atoms with Gasteiger partial charge < -0.3 is 24.1 Å². The van der Waals surface area contributed by atoms with Gasteiger partial charge in [0.15, 0.2) is 6.61 Å². The molecule has 0 atom stereocenters. The second kappa shape index (κ2) is 15.7. The largest absolute Gasteiger partial charge is 0.463 e. The smallest absolute Gasteiger partial charge is 0.417 e. The molecule has 2 rings (SSSR count). The van der Waals surface area contributed by atoms with Crippen LogP contribution in [0, 0.1) is 23.2 Å². The third-order valence-corrected chi connectivity index (χ3v) is 5.81. The number of hydrogen-bond donors (Lipinski definition) is 1. The number of nitrogens with zero attached hydrogens (tertiary/aromatic N) is 3. The summed E-state index contributed by atoms with van der Waals surface area (Å²) in [4.78, 5) is 51.1. The molecule has 0 aliphatic carbocycles. The molecule has 15 heteroatoms. The lowest BCUT2D eigenvalue weighted by atomic mass is 10.0. The predicted octanol–water partition coefficient (Wildman–Crippen LogP) is 2.02. The van der Waals surface area contributed by atoms with Gasteiger partial charge in [-0.3, -0.25) is 19.3 Å². The fourth-order valence-corrected chi connectivity index (χ4v) is 3.58. The molecular formula is C27H30F3N3O9. The van der Waals surface area contributed by atoms with Crippen LogP contribution in [0.5, 0.6) is 0 Å². The second-order valence-electron chi connectivity index (χ2n) is 9.09. The highest BCUT2D eigenvalue weighted by molar-refractivity contribution is 6.23. The van der Waals surface area contributed by atoms with Gasteiger partial charge in [-0.05, 0) is 32.0 Å². The van der Waals surface area contributed by atoms with E-state index in [1.807, 2.05) is 0 Å². The number of alkyl halides is 3. The van der Waals surface area contributed by atoms with Crippen LogP contribution < -0.4 is 4.90 Å². The molecule has 0 saturated carbocycles. The monoisotopic (exact) mass is 597 g/mol. The number of aliphatic hydroxyl groups is 1. The molecule has 1 fully saturated rings. The highest BCUT2D eigenvalue weighted by Crippen LogP contribution is 2.37. The first kappa shape index (κ1) is 34.0. The van der Waals surface area contributed by atoms with Crippen molar-refractivity contribution in [3.8, 4) is 17.9 Å². The number of hydrogen-bond acceptors (Lipinski definition) is 10. The normalized spacial score (nSPS) is 14.3. The number of imide groups is 1. The topological polar surface area (TPSA) is 156 Å². The standard InChI is InChI=1S/C27H30F3N3O9/c1-26(2)24(37)33(20-6-5-19(18-31)21(17-20)27(28,29)30)25(38)32(26)9-3-4-11-41-22(35)7-8-23(36)42-16-15-40-14-13-39-12-10-34/h5-6,17,34H,7-16H2,1-2H3. The number of amides is 3. The molecule has 0 radical (unpaired) electrons. The highest BCUT2D eigenvalue weighted by Gasteiger charge is 2.52. The zero-order chi connectivity index (χ0) is 31.3. The third kappa shape index (κ3) is 9.44. The van der Waals surface area contributed by atoms with Gasteiger partial charge in [-0.1, -0.05) is 11.8 Å². The zero-order valence-electron chi connectivity index (χ0n) is 23.0. The van der Waals surface area contributed by atoms with Gasteiger partial charge in [-0.2, -0.15) is 18.4 Å². The number of carbonyl (C=O) groups is 4. The van der Waals surface area contributed by atoms with Crippen LogP contribution in [0.4, 0.5) is 23.7 Å². The van der Waals surface area contributed by atoms with E-state index >= 15 is 0 Å². The van der Waals surface area contributed by atoms with Crippen LogP contribution in [0.25, 0.3) is 0 Å². The van der Waals surface area contributed by atoms with Crippen molar-refractivity contribution >= 4 is 29.6 Å². The van der Waals surface area contributed by atoms with Crippen LogP contribution in [0.1, 0.15) is 37.8 Å². The van der Waals surface area contributed by atoms with Crippen LogP contribution in [0.2, 0.25) is 0 Å². The maximum atomic E-state index is 13.4. The van der Waals surface area contributed by atoms with E-state index in [1.165, 1.54) is 19.9 Å². The van der Waals surface area contributed by atoms with E-state index < -0.39 is 46.7 Å². The summed E-state index contributed by atoms with van der Waals surface area (Å²) < 4.78 is 60.1. The fourth-order valence-electron chi connectivity index (χ4n) is 3.58. The van der Waals surface area contributed by atoms with Crippen molar-refractivity contribution in [1.82, 2.24) is 4.90 Å². The van der Waals surface area contributed by atoms with Crippen molar-refractivity contribution in [2.75, 3.05) is 57.7 Å². The minimum atomic E-state index is -4.88. The van der Waals surface area contributed by atoms with E-state index in [-0.39, 0.29) is 71.3 Å². The van der Waals surface area contributed by atoms with Crippen LogP contribution in [-0.4, -0.2) is 92.2 Å². The molecule has 1 aliphatic rings. The molecule has 1 aliphatic heterocycles. The number of nitriles is 1. The van der Waals surface area contributed by atoms with E-state index in [1.54, 1.807) is 0 Å². The fraction of sp³-hybridized carbons (Fsp3) is 0.519. The highest BCUT2D eigenvalue weighted by atomic mass is 19.4. The molecule has 0 spiro atoms. The zero-order valence-corrected chi connectivity index (χ0v) is 23.0. The molecule has 0 unspecified atom stereocenters. The van der Waals surface area contributed by atoms with E-state index in [4.69, 9.17) is 29.3 Å². The van der Waals surface area contributed by atoms with Gasteiger partial charge in [0.05, 0.1) is 75.3 Å². The Bertz CT molecular complexity index is 1250. The molecule has 1 aromatic rings. The Morgan fingerprint density at radius 1 is 0.976 bits per heavy atom. The quantitative estimate of drug-likeness (QED) is 0.146. The Hall–Kier alpha value is -4.18. The summed E-state index contributed by atoms with van der Waals surface area (Å²) in [6.45, 7) is 2.93. The summed E-state index contributed by atoms with van der Waals surface area (Å²) >= 11 is 0. The Labute approximate surface area is 239 Å². The lowest BCUT2D eigenvalue weighted by molar-refractivity contribution is -0.150. The summed E-state index contributed by atoms with van der Waals surface area (Å²) in [6.07, 6.45) is -5.37. The number of ether oxygens (including phenoxy) is 4. The van der Waals surface area contributed by atoms with Crippen molar-refractivity contribution in [2.24, 2.45) is 0 Å². The first-order valence-corrected chi connectivity index (χ1v) is 12.7. The predicted molar refractivity (Wildman–Crippen MR) is 137 cm³/mol. The lowest BCUT2D eigenvalue weighted by Gasteiger charge is -2.25. The molecule has 0 bridgehead atoms. The van der Waals surface area contributed by atoms with Gasteiger partial charge in [0.1, 0.15) is 12.1 Å². The van der Waals surface area contributed by atoms with E-state index in [0.717, 1.165) is 17.0 Å². The first-order chi connectivity index (χ1) is 19.8. The van der Waals surface area contributed by atoms with Crippen molar-refractivity contribution in [3.63, 3.8) is 0 Å². The van der Waals surface area contributed by atoms with Gasteiger partial charge in [-0.15, -0.1) is 0 Å². The number of esters is 2. The minimum absolute atomic E-state index is 0.0144. The SMILES string of the molecule is CC1(C)C(=O)N(c2ccc(C#N)c(C(F)(F)F)c2)C(=O)N1CC#CCOC(=O)CCC(=O)OCCOCCOCCO. The second-order valence-corrected chi connectivity index (χ2v) is 9.09. The number of carbonyl (C=O) groups excluding carboxylic acids is 4. The molecule has 1 N–H and O–H groups in total. The molecule has 0 aromatic heterocycles. The number of aliphatic hydroxyl groups excluding tert-OH is 1. The number of rotatable bonds is 14. The Morgan fingerprint density at radius 2 is 1.60 bits per heavy atom. The molecule has 12 nitrogen and oxygen atoms in total. The van der Waals surface area contributed by atoms with Crippen LogP contribution in [0.3, 0.4) is 0 Å². The van der Waals surface area contributed by atoms with E-state index in [0.29, 0.717) is 11.0 Å². The third-order valence-electron chi connectivity index (χ3n) is 5.81. The molecule has 1 heterocycles. The number of anilines is 1. The van der Waals surface area contributed by atoms with Gasteiger partial charge in [0.25, 0.3) is 5.91 Å². The summed E-state index contributed by atoms with van der Waals surface area (Å²) in [7, 11) is 0. The Morgan fingerprint density at radius 3 is 2.21 bits per heavy atom. The van der Waals surface area contributed by atoms with Crippen molar-refractivity contribution < 1.29 is 56.4 Å². The van der Waals surface area contributed by atoms with Gasteiger partial charge >= 0.3 is 24.1 Å². The maximum Gasteiger partial charge on any atom is 0.417 e. The lowest BCUT2D eigenvalue weighted by Crippen LogP contribution is -2.44. The van der Waals surface area contributed by atoms with Crippen molar-refractivity contribution in [1.29, 1.82) is 5.26 Å². The van der Waals surface area contributed by atoms with Gasteiger partial charge in [-0.25, -0.2) is 9.69 Å². The van der Waals surface area contributed by atoms with Crippen molar-refractivity contribution in [3.05, 3.63) is 29.3 Å². The number of benzene rings is 1. The molecule has 3 amide bonds. The molecule has 228 valence electrons. The van der Waals surface area contributed by atoms with E-state index in [2.05, 4.69) is 11.8 Å². The van der Waals surface area contributed by atoms with Crippen LogP contribution in [0.15, 0.2) is 18.2 Å². The maximum absolute atomic E-state index is 13.4. The van der Waals surface area contributed by atoms with Gasteiger partial charge in [0.2, 0.25) is 0 Å². The average molecular weight is 598 g/mol. The van der Waals surface area contributed by atoms with Gasteiger partial charge in [0, 0.05) is 0 Å². The van der Waals surface area contributed by atoms with E-state index in [9.17, 15) is 32.3 Å². The molecule has 42 heavy (non-hydrogen) atoms. The molecule has 1 saturated heterocycles. The summed E-state index contributed by atoms with van der Waals surface area (Å²) in [6, 6.07) is 3.06. The summed E-state index contributed by atoms with van der Waals surface area (Å²) in [5, 5.41) is 17.5. The van der Waals surface area contributed by atoms with Crippen LogP contribution >= 0.6 is 0 Å². The molecule has 1 aromatic carbocycles. The molecular weight excluding hydrogens is 567 g/mol. The van der Waals surface area contributed by atoms with Crippen LogP contribution in [-0.2, 0) is 39.5 Å². The summed E-state index contributed by atoms with van der Waals surface area (Å²) in [5.41, 5.74) is -3.72. The number of urea groups is 1. The Balaban J connectivity index is 1.82. The van der Waals surface area contributed by atoms with Crippen molar-refractivity contribution in [2.45, 2.75) is 38.4 Å². The minimum Gasteiger partial charge on any atom is -0.463 e. The average Bonchev–Trinajstić information content (AvgIpc) is 3.10. The number of halogens is 3.